The Hall–Kier alpha value is -6.76. The van der Waals surface area contributed by atoms with Gasteiger partial charge in [0.25, 0.3) is 0 Å². The maximum absolute atomic E-state index is 15.0. The van der Waals surface area contributed by atoms with Crippen LogP contribution in [0.4, 0.5) is 58.2 Å². The molecule has 6 aromatic rings. The third-order valence-electron chi connectivity index (χ3n) is 14.3. The van der Waals surface area contributed by atoms with Gasteiger partial charge in [-0.15, -0.1) is 0 Å². The molecule has 3 N–H and O–H groups in total. The third-order valence-corrected chi connectivity index (χ3v) is 14.3. The number of aromatic nitrogens is 6. The van der Waals surface area contributed by atoms with Crippen molar-refractivity contribution in [1.82, 2.24) is 45.0 Å². The topological polar surface area (TPSA) is 148 Å². The minimum absolute atomic E-state index is 0.0254. The van der Waals surface area contributed by atoms with E-state index in [1.54, 1.807) is 18.3 Å². The lowest BCUT2D eigenvalue weighted by Gasteiger charge is -2.33. The van der Waals surface area contributed by atoms with Crippen LogP contribution in [0.3, 0.4) is 0 Å². The molecular formula is C54H64F4N14. The molecule has 1 unspecified atom stereocenters. The number of nitrogens with zero attached hydrogens (tertiary/aromatic N) is 11. The van der Waals surface area contributed by atoms with Crippen molar-refractivity contribution < 1.29 is 17.6 Å². The average Bonchev–Trinajstić information content (AvgIpc) is 3.80. The summed E-state index contributed by atoms with van der Waals surface area (Å²) in [6.07, 6.45) is 6.56. The Morgan fingerprint density at radius 3 is 1.65 bits per heavy atom. The van der Waals surface area contributed by atoms with Gasteiger partial charge in [-0.2, -0.15) is 0 Å². The molecule has 72 heavy (non-hydrogen) atoms. The number of piperazine rings is 2. The van der Waals surface area contributed by atoms with Crippen LogP contribution in [0.25, 0.3) is 22.5 Å². The van der Waals surface area contributed by atoms with Crippen LogP contribution in [0.15, 0.2) is 83.3 Å². The first-order chi connectivity index (χ1) is 34.6. The van der Waals surface area contributed by atoms with E-state index in [1.165, 1.54) is 12.1 Å². The molecule has 14 nitrogen and oxygen atoms in total. The second-order valence-corrected chi connectivity index (χ2v) is 18.8. The van der Waals surface area contributed by atoms with Crippen molar-refractivity contribution in [1.29, 1.82) is 0 Å². The van der Waals surface area contributed by atoms with E-state index in [4.69, 9.17) is 0 Å². The summed E-state index contributed by atoms with van der Waals surface area (Å²) in [5.74, 6) is -0.757. The second kappa shape index (κ2) is 21.9. The first kappa shape index (κ1) is 51.6. The largest absolute Gasteiger partial charge is 0.368 e. The molecule has 0 bridgehead atoms. The zero-order valence-corrected chi connectivity index (χ0v) is 42.6. The standard InChI is InChI=1S/C27H31F2N7.C25H27F2N7.C2H6/c1-5-35-8-10-36(11-9-35)16-18-6-7-23(30-14-18)33-26-31-15-22(29)24(34-26)19-12-20-25(21(28)13-19)32-17(2)27(20,3)4;1-4-25(3)15(2)31-23-18(25)11-16(12-19(23)26)22-20(27)14-30-24(33-22)32-21-6-5-17(13-29-21)34-9-7-28-8-10-34;1-2/h6-7,12-15H,5,8-11,16H2,1-4H3,(H,30,31,33,34);5-6,11-14,28H,4,7-10H2,1-3H3,(H,29,30,32,33);1-2H3. The van der Waals surface area contributed by atoms with Crippen LogP contribution in [-0.4, -0.2) is 110 Å². The predicted octanol–water partition coefficient (Wildman–Crippen LogP) is 10.9. The van der Waals surface area contributed by atoms with Crippen molar-refractivity contribution in [3.8, 4) is 22.5 Å². The summed E-state index contributed by atoms with van der Waals surface area (Å²) in [6, 6.07) is 13.8. The molecule has 1 atom stereocenters. The number of anilines is 5. The summed E-state index contributed by atoms with van der Waals surface area (Å²) in [5.41, 5.74) is 5.85. The Bertz CT molecular complexity index is 2950. The van der Waals surface area contributed by atoms with E-state index < -0.39 is 34.1 Å². The van der Waals surface area contributed by atoms with Crippen LogP contribution >= 0.6 is 0 Å². The molecule has 0 aliphatic carbocycles. The lowest BCUT2D eigenvalue weighted by Crippen LogP contribution is -2.45. The van der Waals surface area contributed by atoms with E-state index >= 15 is 0 Å². The summed E-state index contributed by atoms with van der Waals surface area (Å²) in [7, 11) is 0. The van der Waals surface area contributed by atoms with Gasteiger partial charge >= 0.3 is 0 Å². The number of rotatable bonds is 11. The van der Waals surface area contributed by atoms with Gasteiger partial charge in [-0.1, -0.05) is 54.5 Å². The average molecular weight is 985 g/mol. The van der Waals surface area contributed by atoms with Gasteiger partial charge in [-0.25, -0.2) is 47.5 Å². The second-order valence-electron chi connectivity index (χ2n) is 18.8. The summed E-state index contributed by atoms with van der Waals surface area (Å²) in [5, 5.41) is 9.39. The Morgan fingerprint density at radius 1 is 0.597 bits per heavy atom. The number of aliphatic imine (C=N–C) groups is 2. The van der Waals surface area contributed by atoms with Crippen molar-refractivity contribution in [3.63, 3.8) is 0 Å². The number of pyridine rings is 2. The number of fused-ring (bicyclic) bond motifs is 2. The lowest BCUT2D eigenvalue weighted by molar-refractivity contribution is 0.132. The Morgan fingerprint density at radius 2 is 1.12 bits per heavy atom. The van der Waals surface area contributed by atoms with Gasteiger partial charge in [0, 0.05) is 98.5 Å². The van der Waals surface area contributed by atoms with E-state index in [2.05, 4.69) is 77.5 Å². The number of nitrogens with one attached hydrogen (secondary N) is 3. The van der Waals surface area contributed by atoms with Crippen LogP contribution in [0.5, 0.6) is 0 Å². The molecule has 2 aromatic carbocycles. The molecule has 18 heteroatoms. The van der Waals surface area contributed by atoms with Crippen molar-refractivity contribution in [2.75, 3.05) is 74.4 Å². The fraction of sp³-hybridized carbons (Fsp3) is 0.407. The molecule has 4 aliphatic heterocycles. The predicted molar refractivity (Wildman–Crippen MR) is 280 cm³/mol. The fourth-order valence-electron chi connectivity index (χ4n) is 9.20. The van der Waals surface area contributed by atoms with Crippen LogP contribution < -0.4 is 20.9 Å². The highest BCUT2D eigenvalue weighted by atomic mass is 19.1. The number of hydrogen-bond donors (Lipinski definition) is 3. The van der Waals surface area contributed by atoms with Crippen LogP contribution in [0.2, 0.25) is 0 Å². The van der Waals surface area contributed by atoms with Crippen molar-refractivity contribution in [2.24, 2.45) is 9.98 Å². The summed E-state index contributed by atoms with van der Waals surface area (Å²) >= 11 is 0. The number of benzene rings is 2. The van der Waals surface area contributed by atoms with Crippen LogP contribution in [-0.2, 0) is 17.4 Å². The Balaban J connectivity index is 0.000000187. The van der Waals surface area contributed by atoms with E-state index in [0.717, 1.165) is 118 Å². The molecule has 4 aliphatic rings. The SMILES string of the molecule is CC.CCC1(C)C(C)=Nc2c(F)cc(-c3nc(Nc4ccc(N5CCNCC5)cn4)ncc3F)cc21.CCN1CCN(Cc2ccc(Nc3ncc(F)c(-c4cc(F)c5c(c4)C(C)(C)C(C)=N5)n3)nc2)CC1. The first-order valence-corrected chi connectivity index (χ1v) is 24.8. The van der Waals surface area contributed by atoms with Crippen LogP contribution in [0.1, 0.15) is 85.4 Å². The minimum atomic E-state index is -0.625. The number of hydrogen-bond acceptors (Lipinski definition) is 14. The van der Waals surface area contributed by atoms with Gasteiger partial charge in [0.05, 0.1) is 24.3 Å². The highest BCUT2D eigenvalue weighted by Gasteiger charge is 2.38. The molecule has 4 aromatic heterocycles. The molecule has 0 saturated carbocycles. The van der Waals surface area contributed by atoms with E-state index in [9.17, 15) is 17.6 Å². The maximum atomic E-state index is 15.0. The maximum Gasteiger partial charge on any atom is 0.229 e. The summed E-state index contributed by atoms with van der Waals surface area (Å²) < 4.78 is 59.3. The molecule has 2 fully saturated rings. The van der Waals surface area contributed by atoms with E-state index in [1.807, 2.05) is 85.9 Å². The van der Waals surface area contributed by atoms with Gasteiger partial charge in [-0.05, 0) is 86.0 Å². The summed E-state index contributed by atoms with van der Waals surface area (Å²) in [4.78, 5) is 41.7. The van der Waals surface area contributed by atoms with Crippen molar-refractivity contribution in [3.05, 3.63) is 113 Å². The molecular weight excluding hydrogens is 921 g/mol. The Kier molecular flexibility index (Phi) is 15.7. The van der Waals surface area contributed by atoms with Crippen LogP contribution in [0, 0.1) is 23.3 Å². The fourth-order valence-corrected chi connectivity index (χ4v) is 9.20. The normalized spacial score (nSPS) is 18.2. The quantitative estimate of drug-likeness (QED) is 0.106. The molecule has 0 spiro atoms. The molecule has 10 rings (SSSR count). The monoisotopic (exact) mass is 985 g/mol. The zero-order valence-electron chi connectivity index (χ0n) is 42.6. The van der Waals surface area contributed by atoms with Gasteiger partial charge in [0.1, 0.15) is 46.0 Å². The zero-order chi connectivity index (χ0) is 51.3. The first-order valence-electron chi connectivity index (χ1n) is 24.8. The highest BCUT2D eigenvalue weighted by Crippen LogP contribution is 2.46. The van der Waals surface area contributed by atoms with E-state index in [-0.39, 0.29) is 23.3 Å². The van der Waals surface area contributed by atoms with Gasteiger partial charge in [0.2, 0.25) is 11.9 Å². The molecule has 8 heterocycles. The number of likely N-dealkylation sites (N-methyl/N-ethyl adjacent to an activating group) is 1. The minimum Gasteiger partial charge on any atom is -0.368 e. The van der Waals surface area contributed by atoms with Gasteiger partial charge in [-0.3, -0.25) is 14.9 Å². The number of halogens is 4. The van der Waals surface area contributed by atoms with E-state index in [0.29, 0.717) is 34.1 Å². The molecule has 2 saturated heterocycles. The Labute approximate surface area is 419 Å². The van der Waals surface area contributed by atoms with Gasteiger partial charge < -0.3 is 25.8 Å². The molecule has 0 radical (unpaired) electrons. The third kappa shape index (κ3) is 10.9. The van der Waals surface area contributed by atoms with Crippen molar-refractivity contribution in [2.45, 2.75) is 86.1 Å². The van der Waals surface area contributed by atoms with Crippen molar-refractivity contribution >= 4 is 52.0 Å². The molecule has 0 amide bonds. The smallest absolute Gasteiger partial charge is 0.229 e. The lowest BCUT2D eigenvalue weighted by atomic mass is 9.77. The highest BCUT2D eigenvalue weighted by molar-refractivity contribution is 6.01. The molecule has 378 valence electrons. The van der Waals surface area contributed by atoms with Gasteiger partial charge in [0.15, 0.2) is 11.6 Å². The summed E-state index contributed by atoms with van der Waals surface area (Å²) in [6.45, 7) is 27.9.